The molecule has 2 N–H and O–H groups in total. The highest BCUT2D eigenvalue weighted by molar-refractivity contribution is 5.88. The summed E-state index contributed by atoms with van der Waals surface area (Å²) in [5.41, 5.74) is -0.295. The first-order valence-corrected chi connectivity index (χ1v) is 9.11. The first-order chi connectivity index (χ1) is 12.5. The van der Waals surface area contributed by atoms with Crippen molar-refractivity contribution in [2.24, 2.45) is 5.92 Å². The molecule has 0 aliphatic heterocycles. The Labute approximate surface area is 156 Å². The molecule has 0 radical (unpaired) electrons. The van der Waals surface area contributed by atoms with Crippen molar-refractivity contribution in [3.8, 4) is 0 Å². The largest absolute Gasteiger partial charge is 0.480 e. The van der Waals surface area contributed by atoms with Crippen LogP contribution >= 0.6 is 0 Å². The van der Waals surface area contributed by atoms with Crippen molar-refractivity contribution in [3.63, 3.8) is 0 Å². The Morgan fingerprint density at radius 2 is 1.89 bits per heavy atom. The Morgan fingerprint density at radius 1 is 1.30 bits per heavy atom. The van der Waals surface area contributed by atoms with E-state index in [1.54, 1.807) is 6.92 Å². The highest BCUT2D eigenvalue weighted by atomic mass is 19.4. The quantitative estimate of drug-likeness (QED) is 0.783. The van der Waals surface area contributed by atoms with E-state index in [4.69, 9.17) is 0 Å². The third-order valence-electron chi connectivity index (χ3n) is 5.52. The molecule has 0 bridgehead atoms. The highest BCUT2D eigenvalue weighted by Crippen LogP contribution is 2.34. The second kappa shape index (κ2) is 7.90. The second-order valence-electron chi connectivity index (χ2n) is 7.39. The average molecular weight is 389 g/mol. The van der Waals surface area contributed by atoms with Crippen LogP contribution in [0.15, 0.2) is 0 Å². The molecule has 0 saturated heterocycles. The van der Waals surface area contributed by atoms with Crippen LogP contribution in [0.2, 0.25) is 0 Å². The molecule has 1 saturated carbocycles. The zero-order valence-electron chi connectivity index (χ0n) is 15.8. The molecule has 1 fully saturated rings. The fourth-order valence-electron chi connectivity index (χ4n) is 3.76. The molecule has 152 valence electrons. The molecule has 0 aromatic carbocycles. The van der Waals surface area contributed by atoms with E-state index >= 15 is 0 Å². The second-order valence-corrected chi connectivity index (χ2v) is 7.39. The van der Waals surface area contributed by atoms with Gasteiger partial charge in [-0.25, -0.2) is 4.79 Å². The smallest absolute Gasteiger partial charge is 0.408 e. The number of rotatable bonds is 6. The maximum Gasteiger partial charge on any atom is 0.408 e. The van der Waals surface area contributed by atoms with Crippen LogP contribution in [0.5, 0.6) is 0 Å². The number of halogens is 3. The van der Waals surface area contributed by atoms with E-state index in [1.165, 1.54) is 6.92 Å². The summed E-state index contributed by atoms with van der Waals surface area (Å²) in [7, 11) is 0. The zero-order chi connectivity index (χ0) is 20.4. The van der Waals surface area contributed by atoms with Crippen molar-refractivity contribution in [2.75, 3.05) is 0 Å². The summed E-state index contributed by atoms with van der Waals surface area (Å²) in [5, 5.41) is 16.2. The van der Waals surface area contributed by atoms with Gasteiger partial charge in [-0.1, -0.05) is 13.3 Å². The lowest BCUT2D eigenvalue weighted by molar-refractivity contribution is -0.149. The van der Waals surface area contributed by atoms with Crippen molar-refractivity contribution in [1.29, 1.82) is 0 Å². The number of aryl methyl sites for hydroxylation is 1. The summed E-state index contributed by atoms with van der Waals surface area (Å²) in [6.07, 6.45) is -1.46. The van der Waals surface area contributed by atoms with Gasteiger partial charge in [0.25, 0.3) is 0 Å². The number of hydrogen-bond donors (Lipinski definition) is 2. The molecule has 27 heavy (non-hydrogen) atoms. The summed E-state index contributed by atoms with van der Waals surface area (Å²) in [4.78, 5) is 24.3. The summed E-state index contributed by atoms with van der Waals surface area (Å²) in [6, 6.07) is 0. The number of aliphatic carboxylic acids is 1. The Kier molecular flexibility index (Phi) is 6.21. The van der Waals surface area contributed by atoms with Gasteiger partial charge in [0.2, 0.25) is 5.91 Å². The molecule has 9 heteroatoms. The number of nitrogens with one attached hydrogen (secondary N) is 1. The molecule has 0 spiro atoms. The van der Waals surface area contributed by atoms with Crippen LogP contribution in [0.1, 0.15) is 56.0 Å². The predicted octanol–water partition coefficient (Wildman–Crippen LogP) is 3.14. The van der Waals surface area contributed by atoms with Crippen molar-refractivity contribution in [1.82, 2.24) is 15.1 Å². The third-order valence-corrected chi connectivity index (χ3v) is 5.52. The number of carbonyl (C=O) groups excluding carboxylic acids is 1. The lowest BCUT2D eigenvalue weighted by atomic mass is 9.75. The van der Waals surface area contributed by atoms with Gasteiger partial charge in [-0.15, -0.1) is 0 Å². The molecule has 1 aliphatic carbocycles. The lowest BCUT2D eigenvalue weighted by Crippen LogP contribution is -2.56. The third kappa shape index (κ3) is 5.01. The molecule has 1 aromatic heterocycles. The van der Waals surface area contributed by atoms with E-state index in [0.717, 1.165) is 23.9 Å². The van der Waals surface area contributed by atoms with Crippen LogP contribution in [0, 0.1) is 19.8 Å². The van der Waals surface area contributed by atoms with Crippen LogP contribution in [0.4, 0.5) is 13.2 Å². The van der Waals surface area contributed by atoms with Gasteiger partial charge in [0.1, 0.15) is 12.1 Å². The molecule has 1 aliphatic rings. The number of nitrogens with zero attached hydrogens (tertiary/aromatic N) is 2. The van der Waals surface area contributed by atoms with E-state index in [2.05, 4.69) is 17.3 Å². The summed E-state index contributed by atoms with van der Waals surface area (Å²) in [5.74, 6) is -1.11. The van der Waals surface area contributed by atoms with E-state index < -0.39 is 30.1 Å². The Bertz CT molecular complexity index is 705. The predicted molar refractivity (Wildman–Crippen MR) is 92.2 cm³/mol. The number of aromatic nitrogens is 2. The monoisotopic (exact) mass is 389 g/mol. The number of carboxylic acids is 1. The maximum absolute atomic E-state index is 12.6. The minimum absolute atomic E-state index is 0.193. The first-order valence-electron chi connectivity index (χ1n) is 9.11. The Morgan fingerprint density at radius 3 is 2.37 bits per heavy atom. The number of alkyl halides is 3. The van der Waals surface area contributed by atoms with Crippen molar-refractivity contribution in [2.45, 2.75) is 77.6 Å². The van der Waals surface area contributed by atoms with Crippen LogP contribution < -0.4 is 5.32 Å². The van der Waals surface area contributed by atoms with Gasteiger partial charge in [0.15, 0.2) is 0 Å². The van der Waals surface area contributed by atoms with Gasteiger partial charge in [0.05, 0.1) is 12.1 Å². The van der Waals surface area contributed by atoms with Gasteiger partial charge < -0.3 is 10.4 Å². The number of hydrogen-bond acceptors (Lipinski definition) is 3. The van der Waals surface area contributed by atoms with E-state index in [1.807, 2.05) is 0 Å². The highest BCUT2D eigenvalue weighted by Gasteiger charge is 2.43. The van der Waals surface area contributed by atoms with Crippen molar-refractivity contribution >= 4 is 11.9 Å². The summed E-state index contributed by atoms with van der Waals surface area (Å²) in [6.45, 7) is 3.86. The molecule has 0 atom stereocenters. The van der Waals surface area contributed by atoms with Gasteiger partial charge in [-0.2, -0.15) is 18.3 Å². The van der Waals surface area contributed by atoms with Crippen LogP contribution in [-0.4, -0.2) is 38.5 Å². The SMILES string of the molecule is CCC1CCC(NC(=O)Cc2c(C)nn(CC(F)(F)F)c2C)(C(=O)O)CC1. The van der Waals surface area contributed by atoms with Crippen molar-refractivity contribution < 1.29 is 27.9 Å². The number of carboxylic acid groups (broad SMARTS) is 1. The topological polar surface area (TPSA) is 84.2 Å². The van der Waals surface area contributed by atoms with Crippen LogP contribution in [0.3, 0.4) is 0 Å². The van der Waals surface area contributed by atoms with Gasteiger partial charge >= 0.3 is 12.1 Å². The normalized spacial score (nSPS) is 23.3. The summed E-state index contributed by atoms with van der Waals surface area (Å²) >= 11 is 0. The van der Waals surface area contributed by atoms with Gasteiger partial charge in [-0.05, 0) is 45.4 Å². The zero-order valence-corrected chi connectivity index (χ0v) is 15.8. The van der Waals surface area contributed by atoms with Gasteiger partial charge in [-0.3, -0.25) is 9.48 Å². The van der Waals surface area contributed by atoms with Crippen molar-refractivity contribution in [3.05, 3.63) is 17.0 Å². The van der Waals surface area contributed by atoms with Gasteiger partial charge in [0, 0.05) is 11.3 Å². The van der Waals surface area contributed by atoms with Crippen LogP contribution in [-0.2, 0) is 22.6 Å². The average Bonchev–Trinajstić information content (AvgIpc) is 2.81. The molecular formula is C18H26F3N3O3. The maximum atomic E-state index is 12.6. The Balaban J connectivity index is 2.12. The van der Waals surface area contributed by atoms with E-state index in [9.17, 15) is 27.9 Å². The molecule has 1 amide bonds. The van der Waals surface area contributed by atoms with Crippen LogP contribution in [0.25, 0.3) is 0 Å². The molecule has 0 unspecified atom stereocenters. The molecule has 1 aromatic rings. The first kappa shape index (κ1) is 21.2. The molecular weight excluding hydrogens is 363 g/mol. The number of amides is 1. The summed E-state index contributed by atoms with van der Waals surface area (Å²) < 4.78 is 38.7. The minimum atomic E-state index is -4.41. The number of carbonyl (C=O) groups is 2. The molecule has 6 nitrogen and oxygen atoms in total. The lowest BCUT2D eigenvalue weighted by Gasteiger charge is -2.37. The fourth-order valence-corrected chi connectivity index (χ4v) is 3.76. The molecule has 1 heterocycles. The molecule has 2 rings (SSSR count). The Hall–Kier alpha value is -2.06. The van der Waals surface area contributed by atoms with E-state index in [-0.39, 0.29) is 12.1 Å². The van der Waals surface area contributed by atoms with E-state index in [0.29, 0.717) is 30.0 Å². The fraction of sp³-hybridized carbons (Fsp3) is 0.722. The minimum Gasteiger partial charge on any atom is -0.480 e. The standard InChI is InChI=1S/C18H26F3N3O3/c1-4-13-5-7-17(8-6-13,16(26)27)22-15(25)9-14-11(2)23-24(12(14)3)10-18(19,20)21/h13H,4-10H2,1-3H3,(H,22,25)(H,26,27).